The molecule has 0 aliphatic carbocycles. The second-order valence-corrected chi connectivity index (χ2v) is 2.54. The summed E-state index contributed by atoms with van der Waals surface area (Å²) in [5, 5.41) is 6.25. The van der Waals surface area contributed by atoms with Crippen LogP contribution in [0.15, 0.2) is 0 Å². The van der Waals surface area contributed by atoms with E-state index < -0.39 is 18.1 Å². The first kappa shape index (κ1) is 13.5. The third kappa shape index (κ3) is 6.58. The smallest absolute Gasteiger partial charge is 0.347 e. The van der Waals surface area contributed by atoms with Gasteiger partial charge in [-0.2, -0.15) is 13.2 Å². The second-order valence-electron chi connectivity index (χ2n) is 2.54. The van der Waals surface area contributed by atoms with Gasteiger partial charge in [0.25, 0.3) is 0 Å². The highest BCUT2D eigenvalue weighted by atomic mass is 19.4. The van der Waals surface area contributed by atoms with E-state index >= 15 is 0 Å². The molecular formula is C7H12F3N3O2. The minimum Gasteiger partial charge on any atom is -0.347 e. The first-order valence-corrected chi connectivity index (χ1v) is 4.24. The van der Waals surface area contributed by atoms with Gasteiger partial charge in [0.2, 0.25) is 0 Å². The van der Waals surface area contributed by atoms with Gasteiger partial charge in [0.05, 0.1) is 0 Å². The molecule has 0 unspecified atom stereocenters. The standard InChI is InChI=1S/C7H12F3N3O2/c1-2-11-6(15)13-4-3-12-5(14)7(8,9)10/h2-4H2,1H3,(H,12,14)(H2,11,13,15). The molecule has 0 aliphatic heterocycles. The Hall–Kier alpha value is -1.47. The molecule has 0 atom stereocenters. The maximum atomic E-state index is 11.6. The van der Waals surface area contributed by atoms with Crippen molar-refractivity contribution >= 4 is 11.9 Å². The molecule has 3 N–H and O–H groups in total. The number of carbonyl (C=O) groups excluding carboxylic acids is 2. The van der Waals surface area contributed by atoms with Gasteiger partial charge in [-0.1, -0.05) is 0 Å². The monoisotopic (exact) mass is 227 g/mol. The highest BCUT2D eigenvalue weighted by molar-refractivity contribution is 5.81. The van der Waals surface area contributed by atoms with E-state index in [0.29, 0.717) is 6.54 Å². The quantitative estimate of drug-likeness (QED) is 0.591. The van der Waals surface area contributed by atoms with Crippen LogP contribution in [0.25, 0.3) is 0 Å². The van der Waals surface area contributed by atoms with Crippen molar-refractivity contribution in [2.45, 2.75) is 13.1 Å². The lowest BCUT2D eigenvalue weighted by molar-refractivity contribution is -0.173. The van der Waals surface area contributed by atoms with Crippen molar-refractivity contribution in [2.75, 3.05) is 19.6 Å². The van der Waals surface area contributed by atoms with E-state index in [-0.39, 0.29) is 13.1 Å². The summed E-state index contributed by atoms with van der Waals surface area (Å²) in [6, 6.07) is -0.487. The summed E-state index contributed by atoms with van der Waals surface area (Å²) in [4.78, 5) is 21.0. The van der Waals surface area contributed by atoms with Crippen LogP contribution in [0.3, 0.4) is 0 Å². The van der Waals surface area contributed by atoms with E-state index in [9.17, 15) is 22.8 Å². The fourth-order valence-electron chi connectivity index (χ4n) is 0.675. The molecule has 0 fully saturated rings. The molecule has 0 heterocycles. The van der Waals surface area contributed by atoms with Crippen LogP contribution in [0.5, 0.6) is 0 Å². The number of carbonyl (C=O) groups is 2. The van der Waals surface area contributed by atoms with Crippen LogP contribution >= 0.6 is 0 Å². The molecule has 0 rings (SSSR count). The molecule has 0 saturated heterocycles. The zero-order chi connectivity index (χ0) is 11.9. The minimum absolute atomic E-state index is 0.0619. The number of alkyl halides is 3. The third-order valence-electron chi connectivity index (χ3n) is 1.29. The highest BCUT2D eigenvalue weighted by Crippen LogP contribution is 2.13. The average molecular weight is 227 g/mol. The lowest BCUT2D eigenvalue weighted by Crippen LogP contribution is -2.43. The van der Waals surface area contributed by atoms with Gasteiger partial charge >= 0.3 is 18.1 Å². The van der Waals surface area contributed by atoms with Crippen molar-refractivity contribution in [2.24, 2.45) is 0 Å². The number of hydrogen-bond donors (Lipinski definition) is 3. The van der Waals surface area contributed by atoms with Gasteiger partial charge in [0, 0.05) is 19.6 Å². The Labute approximate surface area is 84.4 Å². The molecule has 0 aliphatic rings. The fraction of sp³-hybridized carbons (Fsp3) is 0.714. The summed E-state index contributed by atoms with van der Waals surface area (Å²) in [6.07, 6.45) is -4.88. The van der Waals surface area contributed by atoms with Gasteiger partial charge in [0.15, 0.2) is 0 Å². The first-order chi connectivity index (χ1) is 6.88. The molecule has 0 aromatic heterocycles. The van der Waals surface area contributed by atoms with Gasteiger partial charge < -0.3 is 16.0 Å². The van der Waals surface area contributed by atoms with E-state index in [2.05, 4.69) is 10.6 Å². The van der Waals surface area contributed by atoms with E-state index in [1.807, 2.05) is 0 Å². The number of nitrogens with one attached hydrogen (secondary N) is 3. The summed E-state index contributed by atoms with van der Waals surface area (Å²) >= 11 is 0. The van der Waals surface area contributed by atoms with Gasteiger partial charge in [0.1, 0.15) is 0 Å². The van der Waals surface area contributed by atoms with Crippen molar-refractivity contribution in [3.05, 3.63) is 0 Å². The van der Waals surface area contributed by atoms with Crippen molar-refractivity contribution in [1.82, 2.24) is 16.0 Å². The normalized spacial score (nSPS) is 10.7. The minimum atomic E-state index is -4.88. The predicted molar refractivity (Wildman–Crippen MR) is 46.1 cm³/mol. The summed E-state index contributed by atoms with van der Waals surface area (Å²) in [5.74, 6) is -2.01. The predicted octanol–water partition coefficient (Wildman–Crippen LogP) is -0.0160. The Bertz CT molecular complexity index is 230. The van der Waals surface area contributed by atoms with Crippen molar-refractivity contribution in [3.8, 4) is 0 Å². The molecule has 0 bridgehead atoms. The van der Waals surface area contributed by atoms with Crippen LogP contribution in [-0.2, 0) is 4.79 Å². The molecule has 15 heavy (non-hydrogen) atoms. The molecule has 0 spiro atoms. The van der Waals surface area contributed by atoms with E-state index in [1.54, 1.807) is 12.2 Å². The molecular weight excluding hydrogens is 215 g/mol. The van der Waals surface area contributed by atoms with Crippen LogP contribution in [0, 0.1) is 0 Å². The van der Waals surface area contributed by atoms with E-state index in [1.165, 1.54) is 0 Å². The Morgan fingerprint density at radius 3 is 2.07 bits per heavy atom. The summed E-state index contributed by atoms with van der Waals surface area (Å²) in [7, 11) is 0. The maximum absolute atomic E-state index is 11.6. The SMILES string of the molecule is CCNC(=O)NCCNC(=O)C(F)(F)F. The zero-order valence-corrected chi connectivity index (χ0v) is 8.07. The second kappa shape index (κ2) is 6.10. The molecule has 88 valence electrons. The number of amides is 3. The number of urea groups is 1. The average Bonchev–Trinajstić information content (AvgIpc) is 2.11. The lowest BCUT2D eigenvalue weighted by Gasteiger charge is -2.08. The maximum Gasteiger partial charge on any atom is 0.471 e. The summed E-state index contributed by atoms with van der Waals surface area (Å²) in [5.41, 5.74) is 0. The number of rotatable bonds is 4. The number of hydrogen-bond acceptors (Lipinski definition) is 2. The van der Waals surface area contributed by atoms with Crippen molar-refractivity contribution < 1.29 is 22.8 Å². The van der Waals surface area contributed by atoms with Crippen LogP contribution in [0.1, 0.15) is 6.92 Å². The Balaban J connectivity index is 3.55. The number of halogens is 3. The van der Waals surface area contributed by atoms with Crippen LogP contribution in [0.2, 0.25) is 0 Å². The first-order valence-electron chi connectivity index (χ1n) is 4.24. The van der Waals surface area contributed by atoms with Gasteiger partial charge in [-0.05, 0) is 6.92 Å². The summed E-state index contributed by atoms with van der Waals surface area (Å²) in [6.45, 7) is 1.79. The van der Waals surface area contributed by atoms with E-state index in [4.69, 9.17) is 0 Å². The highest BCUT2D eigenvalue weighted by Gasteiger charge is 2.38. The largest absolute Gasteiger partial charge is 0.471 e. The molecule has 0 radical (unpaired) electrons. The molecule has 5 nitrogen and oxygen atoms in total. The Morgan fingerprint density at radius 2 is 1.60 bits per heavy atom. The zero-order valence-electron chi connectivity index (χ0n) is 8.07. The van der Waals surface area contributed by atoms with Crippen molar-refractivity contribution in [3.63, 3.8) is 0 Å². The topological polar surface area (TPSA) is 70.2 Å². The lowest BCUT2D eigenvalue weighted by atomic mass is 10.5. The Morgan fingerprint density at radius 1 is 1.07 bits per heavy atom. The molecule has 0 saturated carbocycles. The molecule has 8 heteroatoms. The summed E-state index contributed by atoms with van der Waals surface area (Å²) < 4.78 is 34.9. The van der Waals surface area contributed by atoms with Crippen LogP contribution in [0.4, 0.5) is 18.0 Å². The van der Waals surface area contributed by atoms with Gasteiger partial charge in [-0.15, -0.1) is 0 Å². The molecule has 3 amide bonds. The molecule has 0 aromatic carbocycles. The van der Waals surface area contributed by atoms with Gasteiger partial charge in [-0.3, -0.25) is 4.79 Å². The molecule has 0 aromatic rings. The fourth-order valence-corrected chi connectivity index (χ4v) is 0.675. The van der Waals surface area contributed by atoms with Crippen LogP contribution in [-0.4, -0.2) is 37.7 Å². The van der Waals surface area contributed by atoms with Crippen molar-refractivity contribution in [1.29, 1.82) is 0 Å². The van der Waals surface area contributed by atoms with Crippen LogP contribution < -0.4 is 16.0 Å². The third-order valence-corrected chi connectivity index (χ3v) is 1.29. The Kier molecular flexibility index (Phi) is 5.50. The van der Waals surface area contributed by atoms with Gasteiger partial charge in [-0.25, -0.2) is 4.79 Å². The van der Waals surface area contributed by atoms with E-state index in [0.717, 1.165) is 0 Å².